The van der Waals surface area contributed by atoms with E-state index in [1.165, 1.54) is 0 Å². The van der Waals surface area contributed by atoms with Gasteiger partial charge in [0.15, 0.2) is 0 Å². The summed E-state index contributed by atoms with van der Waals surface area (Å²) in [4.78, 5) is 13.2. The van der Waals surface area contributed by atoms with Crippen molar-refractivity contribution in [2.24, 2.45) is 5.73 Å². The molecule has 2 unspecified atom stereocenters. The van der Waals surface area contributed by atoms with Crippen LogP contribution in [0.3, 0.4) is 0 Å². The van der Waals surface area contributed by atoms with Gasteiger partial charge in [-0.3, -0.25) is 4.79 Å². The molecule has 14 heavy (non-hydrogen) atoms. The van der Waals surface area contributed by atoms with Crippen molar-refractivity contribution in [1.29, 1.82) is 0 Å². The molecule has 1 fully saturated rings. The molecular weight excluding hydrogens is 176 g/mol. The second kappa shape index (κ2) is 3.42. The number of benzene rings is 1. The highest BCUT2D eigenvalue weighted by atomic mass is 16.2. The van der Waals surface area contributed by atoms with Gasteiger partial charge in [0.25, 0.3) is 0 Å². The van der Waals surface area contributed by atoms with Gasteiger partial charge in [-0.2, -0.15) is 0 Å². The van der Waals surface area contributed by atoms with Crippen molar-refractivity contribution in [3.05, 3.63) is 35.9 Å². The van der Waals surface area contributed by atoms with Crippen LogP contribution in [0.5, 0.6) is 0 Å². The molecule has 0 spiro atoms. The Hall–Kier alpha value is -1.35. The maximum absolute atomic E-state index is 11.4. The number of hydrogen-bond donors (Lipinski definition) is 1. The number of nitrogens with zero attached hydrogens (tertiary/aromatic N) is 1. The number of likely N-dealkylation sites (tertiary alicyclic amines) is 1. The Balaban J connectivity index is 2.10. The van der Waals surface area contributed by atoms with E-state index in [2.05, 4.69) is 0 Å². The van der Waals surface area contributed by atoms with Crippen molar-refractivity contribution in [1.82, 2.24) is 4.90 Å². The Morgan fingerprint density at radius 3 is 2.57 bits per heavy atom. The minimum atomic E-state index is -0.277. The Bertz CT molecular complexity index is 336. The molecule has 2 N–H and O–H groups in total. The van der Waals surface area contributed by atoms with Gasteiger partial charge < -0.3 is 10.6 Å². The first-order valence-corrected chi connectivity index (χ1v) is 4.81. The molecule has 0 saturated carbocycles. The number of amides is 1. The van der Waals surface area contributed by atoms with Crippen LogP contribution < -0.4 is 5.73 Å². The van der Waals surface area contributed by atoms with E-state index in [4.69, 9.17) is 5.73 Å². The molecule has 3 nitrogen and oxygen atoms in total. The first-order chi connectivity index (χ1) is 6.70. The highest BCUT2D eigenvalue weighted by molar-refractivity contribution is 5.88. The lowest BCUT2D eigenvalue weighted by atomic mass is 10.0. The molecule has 1 heterocycles. The van der Waals surface area contributed by atoms with Crippen molar-refractivity contribution < 1.29 is 4.79 Å². The third-order valence-electron chi connectivity index (χ3n) is 2.74. The second-order valence-electron chi connectivity index (χ2n) is 3.68. The van der Waals surface area contributed by atoms with Crippen LogP contribution in [-0.4, -0.2) is 23.4 Å². The smallest absolute Gasteiger partial charge is 0.241 e. The molecule has 0 radical (unpaired) electrons. The van der Waals surface area contributed by atoms with Crippen molar-refractivity contribution in [3.63, 3.8) is 0 Å². The molecule has 1 aromatic carbocycles. The third kappa shape index (κ3) is 1.40. The highest BCUT2D eigenvalue weighted by Crippen LogP contribution is 2.25. The lowest BCUT2D eigenvalue weighted by molar-refractivity contribution is -0.145. The van der Waals surface area contributed by atoms with Crippen LogP contribution in [0, 0.1) is 0 Å². The predicted molar refractivity (Wildman–Crippen MR) is 54.5 cm³/mol. The van der Waals surface area contributed by atoms with Gasteiger partial charge in [0.1, 0.15) is 6.04 Å². The molecule has 74 valence electrons. The van der Waals surface area contributed by atoms with E-state index in [0.29, 0.717) is 6.54 Å². The fourth-order valence-electron chi connectivity index (χ4n) is 1.74. The van der Waals surface area contributed by atoms with Crippen LogP contribution in [0.15, 0.2) is 30.3 Å². The fraction of sp³-hybridized carbons (Fsp3) is 0.364. The lowest BCUT2D eigenvalue weighted by Gasteiger charge is -2.40. The minimum absolute atomic E-state index is 0.0568. The summed E-state index contributed by atoms with van der Waals surface area (Å²) in [6.07, 6.45) is 0. The topological polar surface area (TPSA) is 46.3 Å². The average molecular weight is 190 g/mol. The van der Waals surface area contributed by atoms with Crippen molar-refractivity contribution >= 4 is 5.91 Å². The maximum atomic E-state index is 11.4. The van der Waals surface area contributed by atoms with E-state index >= 15 is 0 Å². The fourth-order valence-corrected chi connectivity index (χ4v) is 1.74. The Morgan fingerprint density at radius 2 is 2.07 bits per heavy atom. The molecule has 1 aliphatic heterocycles. The SMILES string of the molecule is CC(c1ccccc1)N1CC(N)C1=O. The molecule has 2 atom stereocenters. The van der Waals surface area contributed by atoms with E-state index in [0.717, 1.165) is 5.56 Å². The summed E-state index contributed by atoms with van der Waals surface area (Å²) in [6.45, 7) is 2.70. The van der Waals surface area contributed by atoms with Gasteiger partial charge in [-0.05, 0) is 12.5 Å². The number of carbonyl (C=O) groups is 1. The number of nitrogens with two attached hydrogens (primary N) is 1. The van der Waals surface area contributed by atoms with Crippen LogP contribution >= 0.6 is 0 Å². The normalized spacial score (nSPS) is 23.1. The number of β-lactam (4-membered cyclic amide) rings is 1. The maximum Gasteiger partial charge on any atom is 0.241 e. The van der Waals surface area contributed by atoms with Gasteiger partial charge in [0.05, 0.1) is 6.04 Å². The summed E-state index contributed by atoms with van der Waals surface area (Å²) >= 11 is 0. The first kappa shape index (κ1) is 9.21. The predicted octanol–water partition coefficient (Wildman–Crippen LogP) is 0.917. The molecule has 1 saturated heterocycles. The summed E-state index contributed by atoms with van der Waals surface area (Å²) in [7, 11) is 0. The lowest BCUT2D eigenvalue weighted by Crippen LogP contribution is -2.61. The van der Waals surface area contributed by atoms with E-state index in [-0.39, 0.29) is 18.0 Å². The molecule has 3 heteroatoms. The summed E-state index contributed by atoms with van der Waals surface area (Å²) in [5, 5.41) is 0. The monoisotopic (exact) mass is 190 g/mol. The van der Waals surface area contributed by atoms with Crippen molar-refractivity contribution in [3.8, 4) is 0 Å². The number of carbonyl (C=O) groups excluding carboxylic acids is 1. The van der Waals surface area contributed by atoms with Gasteiger partial charge >= 0.3 is 0 Å². The zero-order valence-corrected chi connectivity index (χ0v) is 8.18. The van der Waals surface area contributed by atoms with Crippen LogP contribution in [0.2, 0.25) is 0 Å². The Morgan fingerprint density at radius 1 is 1.43 bits per heavy atom. The van der Waals surface area contributed by atoms with E-state index in [9.17, 15) is 4.79 Å². The van der Waals surface area contributed by atoms with Crippen LogP contribution in [0.4, 0.5) is 0 Å². The first-order valence-electron chi connectivity index (χ1n) is 4.81. The van der Waals surface area contributed by atoms with E-state index < -0.39 is 0 Å². The van der Waals surface area contributed by atoms with Gasteiger partial charge in [0, 0.05) is 6.54 Å². The van der Waals surface area contributed by atoms with Gasteiger partial charge in [-0.1, -0.05) is 30.3 Å². The number of hydrogen-bond acceptors (Lipinski definition) is 2. The van der Waals surface area contributed by atoms with Crippen molar-refractivity contribution in [2.45, 2.75) is 19.0 Å². The quantitative estimate of drug-likeness (QED) is 0.705. The van der Waals surface area contributed by atoms with Gasteiger partial charge in [-0.15, -0.1) is 0 Å². The Labute approximate surface area is 83.5 Å². The molecule has 0 bridgehead atoms. The molecule has 1 aromatic rings. The minimum Gasteiger partial charge on any atom is -0.332 e. The molecule has 1 amide bonds. The summed E-state index contributed by atoms with van der Waals surface area (Å²) < 4.78 is 0. The third-order valence-corrected chi connectivity index (χ3v) is 2.74. The molecular formula is C11H14N2O. The second-order valence-corrected chi connectivity index (χ2v) is 3.68. The van der Waals surface area contributed by atoms with Crippen LogP contribution in [0.25, 0.3) is 0 Å². The van der Waals surface area contributed by atoms with Gasteiger partial charge in [-0.25, -0.2) is 0 Å². The number of rotatable bonds is 2. The van der Waals surface area contributed by atoms with Crippen molar-refractivity contribution in [2.75, 3.05) is 6.54 Å². The highest BCUT2D eigenvalue weighted by Gasteiger charge is 2.36. The van der Waals surface area contributed by atoms with E-state index in [1.54, 1.807) is 4.90 Å². The summed E-state index contributed by atoms with van der Waals surface area (Å²) in [5.74, 6) is 0.0568. The molecule has 1 aliphatic rings. The van der Waals surface area contributed by atoms with Crippen LogP contribution in [0.1, 0.15) is 18.5 Å². The molecule has 0 aliphatic carbocycles. The molecule has 2 rings (SSSR count). The molecule has 0 aromatic heterocycles. The van der Waals surface area contributed by atoms with Crippen LogP contribution in [-0.2, 0) is 4.79 Å². The Kier molecular flexibility index (Phi) is 2.25. The average Bonchev–Trinajstić information content (AvgIpc) is 2.25. The zero-order valence-electron chi connectivity index (χ0n) is 8.18. The van der Waals surface area contributed by atoms with Gasteiger partial charge in [0.2, 0.25) is 5.91 Å². The summed E-state index contributed by atoms with van der Waals surface area (Å²) in [5.41, 5.74) is 6.70. The zero-order chi connectivity index (χ0) is 10.1. The largest absolute Gasteiger partial charge is 0.332 e. The van der Waals surface area contributed by atoms with E-state index in [1.807, 2.05) is 37.3 Å². The summed E-state index contributed by atoms with van der Waals surface area (Å²) in [6, 6.07) is 9.86. The standard InChI is InChI=1S/C11H14N2O/c1-8(9-5-3-2-4-6-9)13-7-10(12)11(13)14/h2-6,8,10H,7,12H2,1H3.